The second kappa shape index (κ2) is 6.11. The van der Waals surface area contributed by atoms with Gasteiger partial charge in [0, 0.05) is 25.1 Å². The molecule has 0 saturated carbocycles. The van der Waals surface area contributed by atoms with Crippen LogP contribution >= 0.6 is 0 Å². The molecule has 0 unspecified atom stereocenters. The number of aromatic nitrogens is 2. The third kappa shape index (κ3) is 3.01. The zero-order chi connectivity index (χ0) is 15.7. The van der Waals surface area contributed by atoms with Crippen LogP contribution in [0.2, 0.25) is 0 Å². The number of nitrogens with zero attached hydrogens (tertiary/aromatic N) is 2. The Kier molecular flexibility index (Phi) is 4.19. The number of rotatable bonds is 4. The Hall–Kier alpha value is -1.84. The van der Waals surface area contributed by atoms with Crippen LogP contribution in [-0.2, 0) is 13.0 Å². The lowest BCUT2D eigenvalue weighted by atomic mass is 10.0. The minimum absolute atomic E-state index is 0.00175. The number of aryl methyl sites for hydroxylation is 1. The Labute approximate surface area is 131 Å². The van der Waals surface area contributed by atoms with Gasteiger partial charge in [0.05, 0.1) is 11.0 Å². The van der Waals surface area contributed by atoms with Crippen molar-refractivity contribution in [1.29, 1.82) is 0 Å². The van der Waals surface area contributed by atoms with E-state index < -0.39 is 0 Å². The molecule has 1 aliphatic heterocycles. The molecule has 0 spiro atoms. The van der Waals surface area contributed by atoms with Gasteiger partial charge in [-0.3, -0.25) is 4.79 Å². The van der Waals surface area contributed by atoms with Crippen molar-refractivity contribution in [3.63, 3.8) is 0 Å². The van der Waals surface area contributed by atoms with Crippen LogP contribution in [-0.4, -0.2) is 22.0 Å². The zero-order valence-electron chi connectivity index (χ0n) is 13.7. The Morgan fingerprint density at radius 2 is 2.27 bits per heavy atom. The van der Waals surface area contributed by atoms with Gasteiger partial charge in [0.2, 0.25) is 0 Å². The molecule has 1 atom stereocenters. The van der Waals surface area contributed by atoms with Gasteiger partial charge < -0.3 is 9.88 Å². The fraction of sp³-hybridized carbons (Fsp3) is 0.556. The lowest BCUT2D eigenvalue weighted by molar-refractivity contribution is 0.0952. The van der Waals surface area contributed by atoms with Crippen LogP contribution in [0.3, 0.4) is 0 Å². The Bertz CT molecular complexity index is 687. The maximum absolute atomic E-state index is 12.2. The number of benzene rings is 1. The molecule has 1 amide bonds. The summed E-state index contributed by atoms with van der Waals surface area (Å²) in [6.07, 6.45) is 3.24. The summed E-state index contributed by atoms with van der Waals surface area (Å²) >= 11 is 0. The summed E-state index contributed by atoms with van der Waals surface area (Å²) in [5, 5.41) is 2.99. The molecule has 0 fully saturated rings. The van der Waals surface area contributed by atoms with Gasteiger partial charge in [-0.1, -0.05) is 20.8 Å². The first kappa shape index (κ1) is 15.1. The average molecular weight is 299 g/mol. The van der Waals surface area contributed by atoms with E-state index in [1.54, 1.807) is 0 Å². The number of amides is 1. The third-order valence-corrected chi connectivity index (χ3v) is 4.47. The first-order chi connectivity index (χ1) is 10.5. The van der Waals surface area contributed by atoms with Crippen LogP contribution in [0.5, 0.6) is 0 Å². The van der Waals surface area contributed by atoms with Crippen molar-refractivity contribution >= 4 is 16.9 Å². The topological polar surface area (TPSA) is 46.9 Å². The first-order valence-corrected chi connectivity index (χ1v) is 8.32. The molecule has 3 rings (SSSR count). The predicted molar refractivity (Wildman–Crippen MR) is 89.0 cm³/mol. The number of imidazole rings is 1. The third-order valence-electron chi connectivity index (χ3n) is 4.47. The second-order valence-electron chi connectivity index (χ2n) is 6.92. The molecular weight excluding hydrogens is 274 g/mol. The average Bonchev–Trinajstić information content (AvgIpc) is 2.82. The van der Waals surface area contributed by atoms with Crippen molar-refractivity contribution in [2.45, 2.75) is 46.6 Å². The smallest absolute Gasteiger partial charge is 0.251 e. The predicted octanol–water partition coefficient (Wildman–Crippen LogP) is 3.39. The molecule has 118 valence electrons. The maximum atomic E-state index is 12.2. The Morgan fingerprint density at radius 1 is 1.45 bits per heavy atom. The minimum atomic E-state index is 0.00175. The molecule has 2 aromatic rings. The minimum Gasteiger partial charge on any atom is -0.352 e. The van der Waals surface area contributed by atoms with Crippen LogP contribution in [0.1, 0.15) is 49.8 Å². The lowest BCUT2D eigenvalue weighted by Gasteiger charge is -2.19. The molecule has 4 nitrogen and oxygen atoms in total. The molecule has 1 aromatic carbocycles. The molecule has 1 aromatic heterocycles. The Morgan fingerprint density at radius 3 is 3.05 bits per heavy atom. The van der Waals surface area contributed by atoms with E-state index in [4.69, 9.17) is 4.98 Å². The van der Waals surface area contributed by atoms with E-state index in [-0.39, 0.29) is 5.91 Å². The quantitative estimate of drug-likeness (QED) is 0.940. The first-order valence-electron chi connectivity index (χ1n) is 8.32. The highest BCUT2D eigenvalue weighted by atomic mass is 16.1. The molecule has 22 heavy (non-hydrogen) atoms. The second-order valence-corrected chi connectivity index (χ2v) is 6.92. The summed E-state index contributed by atoms with van der Waals surface area (Å²) < 4.78 is 2.30. The molecule has 4 heteroatoms. The van der Waals surface area contributed by atoms with Crippen molar-refractivity contribution in [1.82, 2.24) is 14.9 Å². The van der Waals surface area contributed by atoms with Gasteiger partial charge in [0.25, 0.3) is 5.91 Å². The summed E-state index contributed by atoms with van der Waals surface area (Å²) in [4.78, 5) is 17.0. The van der Waals surface area contributed by atoms with Crippen LogP contribution in [0.25, 0.3) is 11.0 Å². The van der Waals surface area contributed by atoms with E-state index in [1.165, 1.54) is 6.42 Å². The fourth-order valence-corrected chi connectivity index (χ4v) is 3.07. The number of hydrogen-bond donors (Lipinski definition) is 1. The van der Waals surface area contributed by atoms with Gasteiger partial charge in [-0.2, -0.15) is 0 Å². The summed E-state index contributed by atoms with van der Waals surface area (Å²) in [6, 6.07) is 5.88. The van der Waals surface area contributed by atoms with Gasteiger partial charge in [0.1, 0.15) is 5.82 Å². The van der Waals surface area contributed by atoms with E-state index in [0.717, 1.165) is 42.8 Å². The highest BCUT2D eigenvalue weighted by molar-refractivity contribution is 5.97. The van der Waals surface area contributed by atoms with Crippen molar-refractivity contribution in [3.05, 3.63) is 29.6 Å². The van der Waals surface area contributed by atoms with E-state index in [9.17, 15) is 4.79 Å². The molecule has 0 saturated heterocycles. The zero-order valence-corrected chi connectivity index (χ0v) is 13.7. The molecule has 0 bridgehead atoms. The normalized spacial score (nSPS) is 17.7. The summed E-state index contributed by atoms with van der Waals surface area (Å²) in [5.41, 5.74) is 2.81. The van der Waals surface area contributed by atoms with Crippen LogP contribution in [0.15, 0.2) is 18.2 Å². The van der Waals surface area contributed by atoms with Gasteiger partial charge in [-0.05, 0) is 42.9 Å². The maximum Gasteiger partial charge on any atom is 0.251 e. The standard InChI is InChI=1S/C18H25N3O/c1-12(2)6-8-19-18(22)14-4-5-16-15(11-14)20-17-10-13(3)7-9-21(16)17/h4-5,11-13H,6-10H2,1-3H3,(H,19,22)/t13-/m1/s1. The fourth-order valence-electron chi connectivity index (χ4n) is 3.07. The molecule has 1 aliphatic rings. The number of nitrogens with one attached hydrogen (secondary N) is 1. The highest BCUT2D eigenvalue weighted by Crippen LogP contribution is 2.25. The molecular formula is C18H25N3O. The summed E-state index contributed by atoms with van der Waals surface area (Å²) in [6.45, 7) is 8.36. The number of carbonyl (C=O) groups is 1. The van der Waals surface area contributed by atoms with E-state index in [0.29, 0.717) is 17.4 Å². The van der Waals surface area contributed by atoms with Crippen LogP contribution < -0.4 is 5.32 Å². The van der Waals surface area contributed by atoms with Gasteiger partial charge in [0.15, 0.2) is 0 Å². The van der Waals surface area contributed by atoms with Crippen LogP contribution in [0, 0.1) is 11.8 Å². The van der Waals surface area contributed by atoms with Gasteiger partial charge in [-0.25, -0.2) is 4.98 Å². The monoisotopic (exact) mass is 299 g/mol. The number of fused-ring (bicyclic) bond motifs is 3. The van der Waals surface area contributed by atoms with Gasteiger partial charge in [-0.15, -0.1) is 0 Å². The van der Waals surface area contributed by atoms with Crippen molar-refractivity contribution in [2.75, 3.05) is 6.54 Å². The molecule has 0 radical (unpaired) electrons. The Balaban J connectivity index is 1.80. The largest absolute Gasteiger partial charge is 0.352 e. The van der Waals surface area contributed by atoms with E-state index in [1.807, 2.05) is 18.2 Å². The number of carbonyl (C=O) groups excluding carboxylic acids is 1. The van der Waals surface area contributed by atoms with Crippen LogP contribution in [0.4, 0.5) is 0 Å². The van der Waals surface area contributed by atoms with E-state index >= 15 is 0 Å². The highest BCUT2D eigenvalue weighted by Gasteiger charge is 2.19. The SMILES string of the molecule is CC(C)CCNC(=O)c1ccc2c(c1)nc1n2CC[C@@H](C)C1. The van der Waals surface area contributed by atoms with Crippen molar-refractivity contribution in [3.8, 4) is 0 Å². The van der Waals surface area contributed by atoms with E-state index in [2.05, 4.69) is 30.7 Å². The van der Waals surface area contributed by atoms with Crippen molar-refractivity contribution < 1.29 is 4.79 Å². The molecule has 1 N–H and O–H groups in total. The van der Waals surface area contributed by atoms with Gasteiger partial charge >= 0.3 is 0 Å². The summed E-state index contributed by atoms with van der Waals surface area (Å²) in [7, 11) is 0. The summed E-state index contributed by atoms with van der Waals surface area (Å²) in [5.74, 6) is 2.46. The molecule has 2 heterocycles. The van der Waals surface area contributed by atoms with Crippen molar-refractivity contribution in [2.24, 2.45) is 11.8 Å². The number of hydrogen-bond acceptors (Lipinski definition) is 2. The molecule has 0 aliphatic carbocycles. The lowest BCUT2D eigenvalue weighted by Crippen LogP contribution is -2.25.